The van der Waals surface area contributed by atoms with Crippen molar-refractivity contribution >= 4 is 17.0 Å². The Morgan fingerprint density at radius 3 is 2.88 bits per heavy atom. The van der Waals surface area contributed by atoms with E-state index >= 15 is 0 Å². The maximum absolute atomic E-state index is 11.1. The van der Waals surface area contributed by atoms with Crippen LogP contribution in [-0.4, -0.2) is 26.0 Å². The number of ether oxygens (including phenoxy) is 1. The number of H-pyrrole nitrogens is 2. The van der Waals surface area contributed by atoms with Crippen molar-refractivity contribution in [1.29, 1.82) is 0 Å². The number of anilines is 1. The van der Waals surface area contributed by atoms with E-state index in [0.29, 0.717) is 11.2 Å². The number of hydrogen-bond acceptors (Lipinski definition) is 5. The van der Waals surface area contributed by atoms with Gasteiger partial charge < -0.3 is 15.5 Å². The first-order valence-corrected chi connectivity index (χ1v) is 5.02. The molecule has 0 amide bonds. The van der Waals surface area contributed by atoms with Gasteiger partial charge in [0.05, 0.1) is 6.10 Å². The van der Waals surface area contributed by atoms with Gasteiger partial charge in [0.1, 0.15) is 5.52 Å². The molecule has 0 radical (unpaired) electrons. The van der Waals surface area contributed by atoms with Gasteiger partial charge in [0.2, 0.25) is 0 Å². The molecule has 0 aliphatic carbocycles. The molecular formula is C9H13N5O2. The maximum Gasteiger partial charge on any atom is 0.325 e. The molecule has 16 heavy (non-hydrogen) atoms. The minimum absolute atomic E-state index is 0.00233. The van der Waals surface area contributed by atoms with Crippen molar-refractivity contribution in [3.05, 3.63) is 10.5 Å². The zero-order valence-corrected chi connectivity index (χ0v) is 9.07. The second-order valence-corrected chi connectivity index (χ2v) is 3.53. The highest BCUT2D eigenvalue weighted by atomic mass is 16.5. The van der Waals surface area contributed by atoms with Crippen LogP contribution in [0.5, 0.6) is 6.01 Å². The second-order valence-electron chi connectivity index (χ2n) is 3.53. The molecule has 1 atom stereocenters. The molecule has 0 aliphatic rings. The van der Waals surface area contributed by atoms with Crippen LogP contribution in [0.1, 0.15) is 20.3 Å². The van der Waals surface area contributed by atoms with E-state index in [1.165, 1.54) is 0 Å². The molecule has 0 saturated heterocycles. The third-order valence-corrected chi connectivity index (χ3v) is 2.27. The molecule has 0 spiro atoms. The Bertz CT molecular complexity index is 559. The topological polar surface area (TPSA) is 110 Å². The van der Waals surface area contributed by atoms with Gasteiger partial charge in [0.25, 0.3) is 0 Å². The number of hydrogen-bond donors (Lipinski definition) is 3. The Balaban J connectivity index is 2.45. The lowest BCUT2D eigenvalue weighted by molar-refractivity contribution is 0.200. The third kappa shape index (κ3) is 1.83. The van der Waals surface area contributed by atoms with Crippen molar-refractivity contribution < 1.29 is 4.74 Å². The number of aromatic amines is 2. The van der Waals surface area contributed by atoms with Gasteiger partial charge in [-0.2, -0.15) is 9.97 Å². The maximum atomic E-state index is 11.1. The van der Waals surface area contributed by atoms with Crippen LogP contribution in [0.15, 0.2) is 4.79 Å². The second kappa shape index (κ2) is 3.84. The Morgan fingerprint density at radius 1 is 1.44 bits per heavy atom. The fraction of sp³-hybridized carbons (Fsp3) is 0.444. The van der Waals surface area contributed by atoms with E-state index in [4.69, 9.17) is 10.5 Å². The van der Waals surface area contributed by atoms with Crippen LogP contribution in [0.4, 0.5) is 5.82 Å². The predicted molar refractivity (Wildman–Crippen MR) is 59.3 cm³/mol. The molecule has 0 unspecified atom stereocenters. The average Bonchev–Trinajstić information content (AvgIpc) is 2.59. The van der Waals surface area contributed by atoms with E-state index in [1.54, 1.807) is 0 Å². The first kappa shape index (κ1) is 10.5. The molecule has 2 rings (SSSR count). The number of rotatable bonds is 3. The summed E-state index contributed by atoms with van der Waals surface area (Å²) in [5.41, 5.74) is 6.06. The zero-order chi connectivity index (χ0) is 11.7. The van der Waals surface area contributed by atoms with E-state index in [0.717, 1.165) is 6.42 Å². The lowest BCUT2D eigenvalue weighted by Gasteiger charge is -2.10. The SMILES string of the molecule is CC[C@H](C)Oc1nc(N)c2[nH]c(=O)[nH]c2n1. The fourth-order valence-corrected chi connectivity index (χ4v) is 1.24. The number of nitrogens with zero attached hydrogens (tertiary/aromatic N) is 2. The Labute approximate surface area is 91.1 Å². The van der Waals surface area contributed by atoms with Gasteiger partial charge in [-0.1, -0.05) is 6.92 Å². The molecule has 0 fully saturated rings. The summed E-state index contributed by atoms with van der Waals surface area (Å²) in [7, 11) is 0. The van der Waals surface area contributed by atoms with Crippen LogP contribution in [0.25, 0.3) is 11.2 Å². The van der Waals surface area contributed by atoms with Crippen molar-refractivity contribution in [2.24, 2.45) is 0 Å². The molecule has 7 nitrogen and oxygen atoms in total. The summed E-state index contributed by atoms with van der Waals surface area (Å²) in [6.45, 7) is 3.90. The van der Waals surface area contributed by atoms with Gasteiger partial charge in [-0.05, 0) is 13.3 Å². The van der Waals surface area contributed by atoms with E-state index in [2.05, 4.69) is 19.9 Å². The smallest absolute Gasteiger partial charge is 0.325 e. The summed E-state index contributed by atoms with van der Waals surface area (Å²) in [5, 5.41) is 0. The first-order valence-electron chi connectivity index (χ1n) is 5.02. The van der Waals surface area contributed by atoms with E-state index in [-0.39, 0.29) is 23.6 Å². The standard InChI is InChI=1S/C9H13N5O2/c1-3-4(2)16-9-12-6(10)5-7(14-9)13-8(15)11-5/h4H,3H2,1-2H3,(H4,10,11,12,13,14,15)/t4-/m0/s1. The minimum Gasteiger partial charge on any atom is -0.460 e. The Hall–Kier alpha value is -2.05. The first-order chi connectivity index (χ1) is 7.60. The molecule has 0 saturated carbocycles. The lowest BCUT2D eigenvalue weighted by atomic mass is 10.3. The van der Waals surface area contributed by atoms with Crippen LogP contribution in [0.2, 0.25) is 0 Å². The number of imidazole rings is 1. The predicted octanol–water partition coefficient (Wildman–Crippen LogP) is 0.406. The van der Waals surface area contributed by atoms with Gasteiger partial charge in [-0.3, -0.25) is 4.98 Å². The highest BCUT2D eigenvalue weighted by Gasteiger charge is 2.10. The lowest BCUT2D eigenvalue weighted by Crippen LogP contribution is -2.12. The van der Waals surface area contributed by atoms with Gasteiger partial charge in [-0.15, -0.1) is 0 Å². The summed E-state index contributed by atoms with van der Waals surface area (Å²) in [5.74, 6) is 0.196. The Morgan fingerprint density at radius 2 is 2.19 bits per heavy atom. The molecule has 86 valence electrons. The summed E-state index contributed by atoms with van der Waals surface area (Å²) >= 11 is 0. The highest BCUT2D eigenvalue weighted by Crippen LogP contribution is 2.16. The van der Waals surface area contributed by atoms with Crippen molar-refractivity contribution in [2.45, 2.75) is 26.4 Å². The quantitative estimate of drug-likeness (QED) is 0.697. The highest BCUT2D eigenvalue weighted by molar-refractivity contribution is 5.81. The number of fused-ring (bicyclic) bond motifs is 1. The van der Waals surface area contributed by atoms with Crippen LogP contribution >= 0.6 is 0 Å². The van der Waals surface area contributed by atoms with Crippen LogP contribution in [-0.2, 0) is 0 Å². The molecule has 0 aromatic carbocycles. The Kier molecular flexibility index (Phi) is 2.51. The summed E-state index contributed by atoms with van der Waals surface area (Å²) < 4.78 is 5.42. The summed E-state index contributed by atoms with van der Waals surface area (Å²) in [6, 6.07) is 0.176. The minimum atomic E-state index is -0.364. The number of nitrogen functional groups attached to an aromatic ring is 1. The molecule has 2 heterocycles. The molecule has 4 N–H and O–H groups in total. The number of aromatic nitrogens is 4. The van der Waals surface area contributed by atoms with Crippen molar-refractivity contribution in [1.82, 2.24) is 19.9 Å². The molecule has 7 heteroatoms. The van der Waals surface area contributed by atoms with Crippen molar-refractivity contribution in [3.63, 3.8) is 0 Å². The normalized spacial score (nSPS) is 12.9. The number of nitrogens with one attached hydrogen (secondary N) is 2. The van der Waals surface area contributed by atoms with Crippen LogP contribution in [0, 0.1) is 0 Å². The van der Waals surface area contributed by atoms with E-state index < -0.39 is 0 Å². The van der Waals surface area contributed by atoms with Crippen molar-refractivity contribution in [2.75, 3.05) is 5.73 Å². The molecule has 2 aromatic heterocycles. The fourth-order valence-electron chi connectivity index (χ4n) is 1.24. The summed E-state index contributed by atoms with van der Waals surface area (Å²) in [6.07, 6.45) is 0.841. The van der Waals surface area contributed by atoms with Crippen LogP contribution < -0.4 is 16.2 Å². The van der Waals surface area contributed by atoms with Gasteiger partial charge in [-0.25, -0.2) is 4.79 Å². The largest absolute Gasteiger partial charge is 0.460 e. The number of nitrogens with two attached hydrogens (primary N) is 1. The molecule has 2 aromatic rings. The van der Waals surface area contributed by atoms with Gasteiger partial charge in [0.15, 0.2) is 11.5 Å². The average molecular weight is 223 g/mol. The zero-order valence-electron chi connectivity index (χ0n) is 9.07. The molecule has 0 aliphatic heterocycles. The molecule has 0 bridgehead atoms. The van der Waals surface area contributed by atoms with Gasteiger partial charge >= 0.3 is 11.7 Å². The van der Waals surface area contributed by atoms with Gasteiger partial charge in [0, 0.05) is 0 Å². The molecular weight excluding hydrogens is 210 g/mol. The van der Waals surface area contributed by atoms with E-state index in [1.807, 2.05) is 13.8 Å². The van der Waals surface area contributed by atoms with Crippen LogP contribution in [0.3, 0.4) is 0 Å². The third-order valence-electron chi connectivity index (χ3n) is 2.27. The summed E-state index contributed by atoms with van der Waals surface area (Å²) in [4.78, 5) is 24.1. The monoisotopic (exact) mass is 223 g/mol. The van der Waals surface area contributed by atoms with Crippen molar-refractivity contribution in [3.8, 4) is 6.01 Å². The van der Waals surface area contributed by atoms with E-state index in [9.17, 15) is 4.79 Å².